The highest BCUT2D eigenvalue weighted by Gasteiger charge is 2.24. The second kappa shape index (κ2) is 10.6. The fourth-order valence-electron chi connectivity index (χ4n) is 3.56. The SMILES string of the molecule is O=C(O)[C@@H]1CCCN(CCON=C(Cc2ccccc2)Cc2ccccc2)C1. The van der Waals surface area contributed by atoms with Crippen molar-refractivity contribution in [1.29, 1.82) is 0 Å². The summed E-state index contributed by atoms with van der Waals surface area (Å²) < 4.78 is 0. The molecule has 0 aromatic heterocycles. The second-order valence-corrected chi connectivity index (χ2v) is 7.29. The molecule has 0 amide bonds. The van der Waals surface area contributed by atoms with Crippen LogP contribution in [-0.4, -0.2) is 47.9 Å². The summed E-state index contributed by atoms with van der Waals surface area (Å²) in [6, 6.07) is 20.5. The summed E-state index contributed by atoms with van der Waals surface area (Å²) in [5.74, 6) is -0.958. The predicted molar refractivity (Wildman–Crippen MR) is 110 cm³/mol. The van der Waals surface area contributed by atoms with E-state index in [1.54, 1.807) is 0 Å². The van der Waals surface area contributed by atoms with Crippen LogP contribution < -0.4 is 0 Å². The maximum Gasteiger partial charge on any atom is 0.307 e. The molecule has 1 aliphatic rings. The number of carboxylic acids is 1. The zero-order chi connectivity index (χ0) is 19.6. The Hall–Kier alpha value is -2.66. The van der Waals surface area contributed by atoms with Gasteiger partial charge in [-0.3, -0.25) is 9.69 Å². The van der Waals surface area contributed by atoms with Crippen molar-refractivity contribution >= 4 is 11.7 Å². The van der Waals surface area contributed by atoms with Gasteiger partial charge >= 0.3 is 5.97 Å². The Morgan fingerprint density at radius 1 is 1.04 bits per heavy atom. The first-order valence-electron chi connectivity index (χ1n) is 9.91. The Kier molecular flexibility index (Phi) is 7.62. The number of rotatable bonds is 9. The van der Waals surface area contributed by atoms with Gasteiger partial charge in [-0.15, -0.1) is 0 Å². The van der Waals surface area contributed by atoms with Crippen molar-refractivity contribution < 1.29 is 14.7 Å². The van der Waals surface area contributed by atoms with Crippen LogP contribution in [0.25, 0.3) is 0 Å². The summed E-state index contributed by atoms with van der Waals surface area (Å²) in [6.45, 7) is 2.71. The van der Waals surface area contributed by atoms with Crippen LogP contribution in [0.4, 0.5) is 0 Å². The molecule has 1 heterocycles. The summed E-state index contributed by atoms with van der Waals surface area (Å²) >= 11 is 0. The molecule has 0 aliphatic carbocycles. The first-order chi connectivity index (χ1) is 13.7. The van der Waals surface area contributed by atoms with Crippen molar-refractivity contribution in [3.05, 3.63) is 71.8 Å². The molecule has 0 radical (unpaired) electrons. The van der Waals surface area contributed by atoms with Crippen LogP contribution in [0.15, 0.2) is 65.8 Å². The second-order valence-electron chi connectivity index (χ2n) is 7.29. The first-order valence-corrected chi connectivity index (χ1v) is 9.91. The first kappa shape index (κ1) is 20.1. The van der Waals surface area contributed by atoms with Crippen LogP contribution in [0.1, 0.15) is 24.0 Å². The van der Waals surface area contributed by atoms with E-state index < -0.39 is 5.97 Å². The Bertz CT molecular complexity index is 718. The van der Waals surface area contributed by atoms with Crippen molar-refractivity contribution in [2.45, 2.75) is 25.7 Å². The normalized spacial score (nSPS) is 17.1. The largest absolute Gasteiger partial charge is 0.481 e. The highest BCUT2D eigenvalue weighted by Crippen LogP contribution is 2.16. The lowest BCUT2D eigenvalue weighted by Gasteiger charge is -2.29. The smallest absolute Gasteiger partial charge is 0.307 e. The molecule has 5 nitrogen and oxygen atoms in total. The third-order valence-corrected chi connectivity index (χ3v) is 5.05. The van der Waals surface area contributed by atoms with Gasteiger partial charge in [0.1, 0.15) is 6.61 Å². The molecule has 0 spiro atoms. The topological polar surface area (TPSA) is 62.1 Å². The van der Waals surface area contributed by atoms with Crippen LogP contribution in [-0.2, 0) is 22.5 Å². The summed E-state index contributed by atoms with van der Waals surface area (Å²) in [6.07, 6.45) is 3.19. The summed E-state index contributed by atoms with van der Waals surface area (Å²) in [7, 11) is 0. The lowest BCUT2D eigenvalue weighted by molar-refractivity contribution is -0.143. The molecular weight excluding hydrogens is 352 g/mol. The molecule has 148 valence electrons. The monoisotopic (exact) mass is 380 g/mol. The van der Waals surface area contributed by atoms with Gasteiger partial charge in [0.05, 0.1) is 11.6 Å². The fourth-order valence-corrected chi connectivity index (χ4v) is 3.56. The minimum absolute atomic E-state index is 0.260. The lowest BCUT2D eigenvalue weighted by atomic mass is 9.98. The van der Waals surface area contributed by atoms with Crippen LogP contribution in [0.2, 0.25) is 0 Å². The van der Waals surface area contributed by atoms with Crippen molar-refractivity contribution in [2.24, 2.45) is 11.1 Å². The molecule has 3 rings (SSSR count). The molecule has 0 unspecified atom stereocenters. The van der Waals surface area contributed by atoms with Gasteiger partial charge < -0.3 is 9.94 Å². The molecule has 1 N–H and O–H groups in total. The summed E-state index contributed by atoms with van der Waals surface area (Å²) in [5, 5.41) is 13.6. The van der Waals surface area contributed by atoms with Crippen molar-refractivity contribution in [3.63, 3.8) is 0 Å². The third-order valence-electron chi connectivity index (χ3n) is 5.05. The number of benzene rings is 2. The number of carboxylic acid groups (broad SMARTS) is 1. The molecule has 5 heteroatoms. The Balaban J connectivity index is 1.55. The third kappa shape index (κ3) is 6.50. The number of piperidine rings is 1. The van der Waals surface area contributed by atoms with E-state index in [1.165, 1.54) is 11.1 Å². The zero-order valence-electron chi connectivity index (χ0n) is 16.2. The van der Waals surface area contributed by atoms with Gasteiger partial charge in [-0.1, -0.05) is 65.8 Å². The molecule has 2 aromatic carbocycles. The van der Waals surface area contributed by atoms with Gasteiger partial charge in [-0.05, 0) is 30.5 Å². The minimum atomic E-state index is -0.698. The molecule has 1 aliphatic heterocycles. The number of oxime groups is 1. The fraction of sp³-hybridized carbons (Fsp3) is 0.391. The van der Waals surface area contributed by atoms with Crippen LogP contribution in [0, 0.1) is 5.92 Å². The molecule has 0 saturated carbocycles. The number of nitrogens with zero attached hydrogens (tertiary/aromatic N) is 2. The standard InChI is InChI=1S/C23H28N2O3/c26-23(27)21-12-7-13-25(18-21)14-15-28-24-22(16-19-8-3-1-4-9-19)17-20-10-5-2-6-11-20/h1-6,8-11,21H,7,12-18H2,(H,26,27)/t21-/m1/s1. The predicted octanol–water partition coefficient (Wildman–Crippen LogP) is 3.64. The van der Waals surface area contributed by atoms with E-state index in [-0.39, 0.29) is 5.92 Å². The summed E-state index contributed by atoms with van der Waals surface area (Å²) in [5.41, 5.74) is 3.40. The molecule has 28 heavy (non-hydrogen) atoms. The van der Waals surface area contributed by atoms with E-state index >= 15 is 0 Å². The maximum atomic E-state index is 11.2. The van der Waals surface area contributed by atoms with Crippen LogP contribution >= 0.6 is 0 Å². The zero-order valence-corrected chi connectivity index (χ0v) is 16.2. The van der Waals surface area contributed by atoms with Gasteiger partial charge in [-0.2, -0.15) is 0 Å². The Morgan fingerprint density at radius 2 is 1.64 bits per heavy atom. The number of carbonyl (C=O) groups is 1. The molecule has 1 saturated heterocycles. The molecule has 0 bridgehead atoms. The van der Waals surface area contributed by atoms with Gasteiger partial charge in [0.2, 0.25) is 0 Å². The number of hydrogen-bond donors (Lipinski definition) is 1. The van der Waals surface area contributed by atoms with E-state index in [0.29, 0.717) is 19.7 Å². The maximum absolute atomic E-state index is 11.2. The number of aliphatic carboxylic acids is 1. The highest BCUT2D eigenvalue weighted by molar-refractivity contribution is 5.88. The Labute approximate surface area is 166 Å². The van der Waals surface area contributed by atoms with Gasteiger partial charge in [-0.25, -0.2) is 0 Å². The van der Waals surface area contributed by atoms with Crippen molar-refractivity contribution in [1.82, 2.24) is 4.90 Å². The lowest BCUT2D eigenvalue weighted by Crippen LogP contribution is -2.40. The molecule has 2 aromatic rings. The highest BCUT2D eigenvalue weighted by atomic mass is 16.6. The van der Waals surface area contributed by atoms with Gasteiger partial charge in [0, 0.05) is 25.9 Å². The number of hydrogen-bond acceptors (Lipinski definition) is 4. The minimum Gasteiger partial charge on any atom is -0.481 e. The van der Waals surface area contributed by atoms with Crippen LogP contribution in [0.5, 0.6) is 0 Å². The van der Waals surface area contributed by atoms with E-state index in [0.717, 1.165) is 37.9 Å². The average Bonchev–Trinajstić information content (AvgIpc) is 2.73. The molecule has 1 atom stereocenters. The van der Waals surface area contributed by atoms with E-state index in [1.807, 2.05) is 36.4 Å². The Morgan fingerprint density at radius 3 is 2.21 bits per heavy atom. The molecule has 1 fully saturated rings. The number of likely N-dealkylation sites (tertiary alicyclic amines) is 1. The summed E-state index contributed by atoms with van der Waals surface area (Å²) in [4.78, 5) is 19.0. The van der Waals surface area contributed by atoms with Crippen LogP contribution in [0.3, 0.4) is 0 Å². The van der Waals surface area contributed by atoms with E-state index in [2.05, 4.69) is 34.3 Å². The van der Waals surface area contributed by atoms with Crippen molar-refractivity contribution in [2.75, 3.05) is 26.2 Å². The van der Waals surface area contributed by atoms with E-state index in [9.17, 15) is 9.90 Å². The van der Waals surface area contributed by atoms with E-state index in [4.69, 9.17) is 4.84 Å². The average molecular weight is 380 g/mol. The quantitative estimate of drug-likeness (QED) is 0.410. The van der Waals surface area contributed by atoms with Gasteiger partial charge in [0.25, 0.3) is 0 Å². The molecular formula is C23H28N2O3. The van der Waals surface area contributed by atoms with Crippen molar-refractivity contribution in [3.8, 4) is 0 Å². The van der Waals surface area contributed by atoms with Gasteiger partial charge in [0.15, 0.2) is 0 Å².